The smallest absolute Gasteiger partial charge is 0.337 e. The molecule has 26 heavy (non-hydrogen) atoms. The summed E-state index contributed by atoms with van der Waals surface area (Å²) in [5, 5.41) is 4.25. The van der Waals surface area contributed by atoms with Crippen molar-refractivity contribution < 1.29 is 13.9 Å². The number of fused-ring (bicyclic) bond motifs is 1. The lowest BCUT2D eigenvalue weighted by Crippen LogP contribution is -2.08. The highest BCUT2D eigenvalue weighted by molar-refractivity contribution is 5.90. The molecule has 0 aliphatic rings. The van der Waals surface area contributed by atoms with Gasteiger partial charge in [-0.2, -0.15) is 0 Å². The van der Waals surface area contributed by atoms with E-state index in [1.165, 1.54) is 13.2 Å². The molecular formula is C21H21NO4. The number of methoxy groups -OCH3 is 1. The number of ether oxygens (including phenoxy) is 1. The Bertz CT molecular complexity index is 1050. The minimum absolute atomic E-state index is 0.360. The molecule has 5 heteroatoms. The van der Waals surface area contributed by atoms with E-state index in [-0.39, 0.29) is 11.6 Å². The zero-order valence-electron chi connectivity index (χ0n) is 15.3. The van der Waals surface area contributed by atoms with Crippen LogP contribution in [0.4, 0.5) is 5.69 Å². The molecule has 0 unspecified atom stereocenters. The third-order valence-corrected chi connectivity index (χ3v) is 4.63. The van der Waals surface area contributed by atoms with Gasteiger partial charge in [0.2, 0.25) is 0 Å². The molecule has 1 N–H and O–H groups in total. The summed E-state index contributed by atoms with van der Waals surface area (Å²) in [5.74, 6) is -0.364. The lowest BCUT2D eigenvalue weighted by molar-refractivity contribution is 0.0600. The zero-order chi connectivity index (χ0) is 18.8. The first-order valence-electron chi connectivity index (χ1n) is 8.36. The van der Waals surface area contributed by atoms with E-state index in [0.29, 0.717) is 17.7 Å². The van der Waals surface area contributed by atoms with Gasteiger partial charge in [-0.25, -0.2) is 9.59 Å². The SMILES string of the molecule is COC(=O)c1ccc(NCc2cc(=O)oc3c(C)c(C)ccc23)c(C)c1. The van der Waals surface area contributed by atoms with Crippen LogP contribution in [0.5, 0.6) is 0 Å². The van der Waals surface area contributed by atoms with Crippen LogP contribution in [0.15, 0.2) is 45.6 Å². The molecule has 0 fully saturated rings. The molecule has 5 nitrogen and oxygen atoms in total. The Morgan fingerprint density at radius 2 is 1.85 bits per heavy atom. The summed E-state index contributed by atoms with van der Waals surface area (Å²) in [6.07, 6.45) is 0. The number of hydrogen-bond acceptors (Lipinski definition) is 5. The van der Waals surface area contributed by atoms with Crippen LogP contribution in [-0.2, 0) is 11.3 Å². The molecule has 0 spiro atoms. The molecule has 0 aliphatic heterocycles. The van der Waals surface area contributed by atoms with Gasteiger partial charge in [0.05, 0.1) is 12.7 Å². The molecule has 0 amide bonds. The van der Waals surface area contributed by atoms with Crippen molar-refractivity contribution in [1.29, 1.82) is 0 Å². The van der Waals surface area contributed by atoms with E-state index in [1.807, 2.05) is 39.0 Å². The average molecular weight is 351 g/mol. The van der Waals surface area contributed by atoms with Crippen LogP contribution in [0.3, 0.4) is 0 Å². The van der Waals surface area contributed by atoms with Crippen LogP contribution >= 0.6 is 0 Å². The van der Waals surface area contributed by atoms with Gasteiger partial charge in [-0.05, 0) is 61.2 Å². The lowest BCUT2D eigenvalue weighted by Gasteiger charge is -2.13. The van der Waals surface area contributed by atoms with Gasteiger partial charge >= 0.3 is 11.6 Å². The molecule has 1 aromatic heterocycles. The van der Waals surface area contributed by atoms with Crippen molar-refractivity contribution in [3.63, 3.8) is 0 Å². The second-order valence-electron chi connectivity index (χ2n) is 6.35. The minimum Gasteiger partial charge on any atom is -0.465 e. The van der Waals surface area contributed by atoms with E-state index >= 15 is 0 Å². The Balaban J connectivity index is 1.92. The standard InChI is InChI=1S/C21H21NO4/c1-12-5-7-17-16(10-19(23)26-20(17)14(12)3)11-22-18-8-6-15(9-13(18)2)21(24)25-4/h5-10,22H,11H2,1-4H3. The summed E-state index contributed by atoms with van der Waals surface area (Å²) in [7, 11) is 1.36. The fourth-order valence-corrected chi connectivity index (χ4v) is 2.97. The van der Waals surface area contributed by atoms with Crippen LogP contribution in [0.25, 0.3) is 11.0 Å². The lowest BCUT2D eigenvalue weighted by atomic mass is 10.0. The Kier molecular flexibility index (Phi) is 4.80. The number of rotatable bonds is 4. The maximum absolute atomic E-state index is 12.0. The second-order valence-corrected chi connectivity index (χ2v) is 6.35. The monoisotopic (exact) mass is 351 g/mol. The van der Waals surface area contributed by atoms with Crippen molar-refractivity contribution in [2.45, 2.75) is 27.3 Å². The normalized spacial score (nSPS) is 10.8. The highest BCUT2D eigenvalue weighted by Crippen LogP contribution is 2.24. The van der Waals surface area contributed by atoms with Gasteiger partial charge < -0.3 is 14.5 Å². The van der Waals surface area contributed by atoms with Crippen LogP contribution in [-0.4, -0.2) is 13.1 Å². The molecular weight excluding hydrogens is 330 g/mol. The number of hydrogen-bond donors (Lipinski definition) is 1. The summed E-state index contributed by atoms with van der Waals surface area (Å²) < 4.78 is 10.1. The highest BCUT2D eigenvalue weighted by atomic mass is 16.5. The van der Waals surface area contributed by atoms with Crippen molar-refractivity contribution in [3.8, 4) is 0 Å². The van der Waals surface area contributed by atoms with E-state index in [0.717, 1.165) is 33.3 Å². The summed E-state index contributed by atoms with van der Waals surface area (Å²) in [6, 6.07) is 10.8. The Morgan fingerprint density at radius 3 is 2.54 bits per heavy atom. The summed E-state index contributed by atoms with van der Waals surface area (Å²) in [6.45, 7) is 6.34. The van der Waals surface area contributed by atoms with E-state index in [9.17, 15) is 9.59 Å². The third kappa shape index (κ3) is 3.33. The van der Waals surface area contributed by atoms with Crippen molar-refractivity contribution >= 4 is 22.6 Å². The molecule has 0 bridgehead atoms. The van der Waals surface area contributed by atoms with Gasteiger partial charge in [0.15, 0.2) is 0 Å². The molecule has 2 aromatic carbocycles. The Hall–Kier alpha value is -3.08. The van der Waals surface area contributed by atoms with Crippen molar-refractivity contribution in [2.75, 3.05) is 12.4 Å². The molecule has 0 saturated heterocycles. The topological polar surface area (TPSA) is 68.5 Å². The predicted octanol–water partition coefficient (Wildman–Crippen LogP) is 4.12. The van der Waals surface area contributed by atoms with Gasteiger partial charge in [-0.15, -0.1) is 0 Å². The van der Waals surface area contributed by atoms with Crippen molar-refractivity contribution in [2.24, 2.45) is 0 Å². The number of esters is 1. The molecule has 134 valence electrons. The maximum Gasteiger partial charge on any atom is 0.337 e. The quantitative estimate of drug-likeness (QED) is 0.566. The first-order valence-corrected chi connectivity index (χ1v) is 8.36. The molecule has 3 aromatic rings. The minimum atomic E-state index is -0.364. The molecule has 3 rings (SSSR count). The fourth-order valence-electron chi connectivity index (χ4n) is 2.97. The van der Waals surface area contributed by atoms with Crippen LogP contribution < -0.4 is 10.9 Å². The predicted molar refractivity (Wildman–Crippen MR) is 102 cm³/mol. The van der Waals surface area contributed by atoms with Crippen LogP contribution in [0.1, 0.15) is 32.6 Å². The number of benzene rings is 2. The average Bonchev–Trinajstić information content (AvgIpc) is 2.63. The number of nitrogens with one attached hydrogen (secondary N) is 1. The van der Waals surface area contributed by atoms with Crippen LogP contribution in [0.2, 0.25) is 0 Å². The highest BCUT2D eigenvalue weighted by Gasteiger charge is 2.11. The van der Waals surface area contributed by atoms with E-state index in [1.54, 1.807) is 12.1 Å². The van der Waals surface area contributed by atoms with Crippen molar-refractivity contribution in [1.82, 2.24) is 0 Å². The van der Waals surface area contributed by atoms with Gasteiger partial charge in [0, 0.05) is 23.7 Å². The fraction of sp³-hybridized carbons (Fsp3) is 0.238. The summed E-state index contributed by atoms with van der Waals surface area (Å²) >= 11 is 0. The first-order chi connectivity index (χ1) is 12.4. The molecule has 0 radical (unpaired) electrons. The number of carbonyl (C=O) groups is 1. The summed E-state index contributed by atoms with van der Waals surface area (Å²) in [5.41, 5.74) is 5.52. The molecule has 0 aliphatic carbocycles. The molecule has 1 heterocycles. The number of aryl methyl sites for hydroxylation is 3. The van der Waals surface area contributed by atoms with Gasteiger partial charge in [0.25, 0.3) is 0 Å². The van der Waals surface area contributed by atoms with Crippen LogP contribution in [0, 0.1) is 20.8 Å². The van der Waals surface area contributed by atoms with Gasteiger partial charge in [0.1, 0.15) is 5.58 Å². The number of anilines is 1. The van der Waals surface area contributed by atoms with Gasteiger partial charge in [-0.1, -0.05) is 12.1 Å². The maximum atomic E-state index is 12.0. The largest absolute Gasteiger partial charge is 0.465 e. The third-order valence-electron chi connectivity index (χ3n) is 4.63. The van der Waals surface area contributed by atoms with E-state index in [2.05, 4.69) is 5.32 Å². The molecule has 0 saturated carbocycles. The Morgan fingerprint density at radius 1 is 1.08 bits per heavy atom. The summed E-state index contributed by atoms with van der Waals surface area (Å²) in [4.78, 5) is 23.6. The number of carbonyl (C=O) groups excluding carboxylic acids is 1. The first kappa shape index (κ1) is 17.7. The van der Waals surface area contributed by atoms with E-state index in [4.69, 9.17) is 9.15 Å². The second kappa shape index (κ2) is 7.04. The molecule has 0 atom stereocenters. The Labute approximate surface area is 151 Å². The zero-order valence-corrected chi connectivity index (χ0v) is 15.3. The van der Waals surface area contributed by atoms with Crippen molar-refractivity contribution in [3.05, 3.63) is 74.6 Å². The van der Waals surface area contributed by atoms with E-state index < -0.39 is 0 Å². The van der Waals surface area contributed by atoms with Gasteiger partial charge in [-0.3, -0.25) is 0 Å².